The summed E-state index contributed by atoms with van der Waals surface area (Å²) >= 11 is 11.0. The van der Waals surface area contributed by atoms with Gasteiger partial charge in [0, 0.05) is 0 Å². The molecule has 0 fully saturated rings. The summed E-state index contributed by atoms with van der Waals surface area (Å²) in [6.07, 6.45) is 0. The van der Waals surface area contributed by atoms with Gasteiger partial charge in [0.2, 0.25) is 5.70 Å². The zero-order chi connectivity index (χ0) is 13.5. The Morgan fingerprint density at radius 1 is 1.17 bits per heavy atom. The van der Waals surface area contributed by atoms with Crippen LogP contribution >= 0.6 is 23.2 Å². The number of hydrogen-bond acceptors (Lipinski definition) is 5. The largest absolute Gasteiger partial charge is 0.497 e. The molecule has 0 spiro atoms. The first kappa shape index (κ1) is 14.5. The van der Waals surface area contributed by atoms with Crippen molar-refractivity contribution in [2.24, 2.45) is 10.2 Å². The average Bonchev–Trinajstić information content (AvgIpc) is 2.39. The first-order valence-electron chi connectivity index (χ1n) is 4.78. The van der Waals surface area contributed by atoms with Gasteiger partial charge in [-0.2, -0.15) is 5.11 Å². The fourth-order valence-electron chi connectivity index (χ4n) is 1.01. The molecule has 0 amide bonds. The predicted octanol–water partition coefficient (Wildman–Crippen LogP) is 3.60. The van der Waals surface area contributed by atoms with E-state index in [0.717, 1.165) is 0 Å². The van der Waals surface area contributed by atoms with E-state index in [9.17, 15) is 4.79 Å². The topological polar surface area (TPSA) is 60.2 Å². The quantitative estimate of drug-likeness (QED) is 0.483. The van der Waals surface area contributed by atoms with Gasteiger partial charge >= 0.3 is 5.97 Å². The van der Waals surface area contributed by atoms with Gasteiger partial charge in [0.05, 0.1) is 19.9 Å². The fourth-order valence-corrected chi connectivity index (χ4v) is 1.24. The van der Waals surface area contributed by atoms with Gasteiger partial charge in [-0.15, -0.1) is 5.11 Å². The Labute approximate surface area is 114 Å². The monoisotopic (exact) mass is 288 g/mol. The van der Waals surface area contributed by atoms with Gasteiger partial charge in [0.25, 0.3) is 0 Å². The molecular weight excluding hydrogens is 279 g/mol. The van der Waals surface area contributed by atoms with Crippen molar-refractivity contribution in [3.63, 3.8) is 0 Å². The molecule has 7 heteroatoms. The predicted molar refractivity (Wildman–Crippen MR) is 68.3 cm³/mol. The second-order valence-corrected chi connectivity index (χ2v) is 3.95. The van der Waals surface area contributed by atoms with Gasteiger partial charge in [0.15, 0.2) is 0 Å². The number of carbonyl (C=O) groups is 1. The van der Waals surface area contributed by atoms with Crippen LogP contribution < -0.4 is 4.74 Å². The molecular formula is C11H10Cl2N2O3. The third-order valence-corrected chi connectivity index (χ3v) is 2.25. The average molecular weight is 289 g/mol. The first-order chi connectivity index (χ1) is 8.58. The van der Waals surface area contributed by atoms with Gasteiger partial charge in [-0.3, -0.25) is 0 Å². The Morgan fingerprint density at radius 2 is 1.78 bits per heavy atom. The van der Waals surface area contributed by atoms with Crippen molar-refractivity contribution >= 4 is 34.9 Å². The third kappa shape index (κ3) is 4.01. The van der Waals surface area contributed by atoms with E-state index in [1.165, 1.54) is 7.11 Å². The van der Waals surface area contributed by atoms with Crippen LogP contribution in [0.15, 0.2) is 44.7 Å². The summed E-state index contributed by atoms with van der Waals surface area (Å²) in [5, 5.41) is 7.46. The number of benzene rings is 1. The molecule has 0 aliphatic carbocycles. The zero-order valence-corrected chi connectivity index (χ0v) is 11.2. The van der Waals surface area contributed by atoms with E-state index < -0.39 is 5.97 Å². The number of rotatable bonds is 4. The lowest BCUT2D eigenvalue weighted by molar-refractivity contribution is -0.136. The summed E-state index contributed by atoms with van der Waals surface area (Å²) in [4.78, 5) is 11.3. The number of methoxy groups -OCH3 is 2. The zero-order valence-electron chi connectivity index (χ0n) is 9.68. The number of carbonyl (C=O) groups excluding carboxylic acids is 1. The summed E-state index contributed by atoms with van der Waals surface area (Å²) in [5.74, 6) is -0.0691. The molecule has 0 N–H and O–H groups in total. The van der Waals surface area contributed by atoms with E-state index in [1.54, 1.807) is 31.4 Å². The minimum absolute atomic E-state index is 0.253. The van der Waals surface area contributed by atoms with Crippen molar-refractivity contribution in [2.45, 2.75) is 0 Å². The number of ether oxygens (including phenoxy) is 2. The molecule has 1 rings (SSSR count). The standard InChI is InChI=1S/C11H10Cl2N2O3/c1-17-8-5-3-7(4-6-8)14-15-9(10(12)13)11(16)18-2/h3-6H,1-2H3. The molecule has 0 unspecified atom stereocenters. The van der Waals surface area contributed by atoms with Crippen molar-refractivity contribution in [3.8, 4) is 5.75 Å². The van der Waals surface area contributed by atoms with E-state index >= 15 is 0 Å². The van der Waals surface area contributed by atoms with Crippen molar-refractivity contribution in [1.29, 1.82) is 0 Å². The van der Waals surface area contributed by atoms with Gasteiger partial charge < -0.3 is 9.47 Å². The van der Waals surface area contributed by atoms with Crippen LogP contribution in [0.5, 0.6) is 5.75 Å². The molecule has 0 radical (unpaired) electrons. The van der Waals surface area contributed by atoms with Gasteiger partial charge in [-0.05, 0) is 24.3 Å². The Bertz CT molecular complexity index is 480. The smallest absolute Gasteiger partial charge is 0.361 e. The van der Waals surface area contributed by atoms with Crippen LogP contribution in [-0.2, 0) is 9.53 Å². The second kappa shape index (κ2) is 6.98. The van der Waals surface area contributed by atoms with Crippen LogP contribution in [0.1, 0.15) is 0 Å². The van der Waals surface area contributed by atoms with E-state index in [0.29, 0.717) is 11.4 Å². The van der Waals surface area contributed by atoms with Crippen molar-refractivity contribution < 1.29 is 14.3 Å². The van der Waals surface area contributed by atoms with Crippen molar-refractivity contribution in [1.82, 2.24) is 0 Å². The maximum atomic E-state index is 11.3. The Morgan fingerprint density at radius 3 is 2.22 bits per heavy atom. The molecule has 0 saturated heterocycles. The fraction of sp³-hybridized carbons (Fsp3) is 0.182. The summed E-state index contributed by atoms with van der Waals surface area (Å²) in [6.45, 7) is 0. The van der Waals surface area contributed by atoms with Gasteiger partial charge in [0.1, 0.15) is 10.2 Å². The van der Waals surface area contributed by atoms with Crippen LogP contribution in [0.4, 0.5) is 5.69 Å². The number of hydrogen-bond donors (Lipinski definition) is 0. The van der Waals surface area contributed by atoms with Crippen LogP contribution in [-0.4, -0.2) is 20.2 Å². The molecule has 1 aromatic rings. The lowest BCUT2D eigenvalue weighted by Crippen LogP contribution is -2.02. The highest BCUT2D eigenvalue weighted by Crippen LogP contribution is 2.21. The van der Waals surface area contributed by atoms with Crippen LogP contribution in [0, 0.1) is 0 Å². The maximum absolute atomic E-state index is 11.3. The maximum Gasteiger partial charge on any atom is 0.361 e. The summed E-state index contributed by atoms with van der Waals surface area (Å²) < 4.78 is 9.14. The second-order valence-electron chi connectivity index (χ2n) is 3.00. The summed E-state index contributed by atoms with van der Waals surface area (Å²) in [6, 6.07) is 6.75. The highest BCUT2D eigenvalue weighted by Gasteiger charge is 2.13. The number of esters is 1. The van der Waals surface area contributed by atoms with Crippen LogP contribution in [0.3, 0.4) is 0 Å². The van der Waals surface area contributed by atoms with Crippen LogP contribution in [0.25, 0.3) is 0 Å². The molecule has 0 heterocycles. The number of azo groups is 1. The van der Waals surface area contributed by atoms with Crippen LogP contribution in [0.2, 0.25) is 0 Å². The summed E-state index contributed by atoms with van der Waals surface area (Å²) in [5.41, 5.74) is 0.267. The highest BCUT2D eigenvalue weighted by atomic mass is 35.5. The lowest BCUT2D eigenvalue weighted by Gasteiger charge is -1.99. The minimum atomic E-state index is -0.757. The highest BCUT2D eigenvalue weighted by molar-refractivity contribution is 6.57. The van der Waals surface area contributed by atoms with Crippen molar-refractivity contribution in [3.05, 3.63) is 34.5 Å². The Balaban J connectivity index is 2.90. The van der Waals surface area contributed by atoms with E-state index in [4.69, 9.17) is 27.9 Å². The molecule has 0 aliphatic rings. The molecule has 0 aliphatic heterocycles. The summed E-state index contributed by atoms with van der Waals surface area (Å²) in [7, 11) is 2.75. The van der Waals surface area contributed by atoms with E-state index in [1.807, 2.05) is 0 Å². The number of nitrogens with zero attached hydrogens (tertiary/aromatic N) is 2. The molecule has 5 nitrogen and oxygen atoms in total. The minimum Gasteiger partial charge on any atom is -0.497 e. The number of halogens is 2. The molecule has 0 aromatic heterocycles. The lowest BCUT2D eigenvalue weighted by atomic mass is 10.3. The molecule has 18 heavy (non-hydrogen) atoms. The van der Waals surface area contributed by atoms with Gasteiger partial charge in [-0.25, -0.2) is 4.79 Å². The molecule has 0 bridgehead atoms. The first-order valence-corrected chi connectivity index (χ1v) is 5.53. The third-order valence-electron chi connectivity index (χ3n) is 1.90. The SMILES string of the molecule is COC(=O)C(N=Nc1ccc(OC)cc1)=C(Cl)Cl. The molecule has 1 aromatic carbocycles. The van der Waals surface area contributed by atoms with E-state index in [2.05, 4.69) is 15.0 Å². The Hall–Kier alpha value is -1.59. The van der Waals surface area contributed by atoms with Gasteiger partial charge in [-0.1, -0.05) is 23.2 Å². The Kier molecular flexibility index (Phi) is 5.61. The molecule has 0 atom stereocenters. The normalized spacial score (nSPS) is 10.2. The molecule has 96 valence electrons. The molecule has 0 saturated carbocycles. The van der Waals surface area contributed by atoms with Crippen molar-refractivity contribution in [2.75, 3.05) is 14.2 Å². The van der Waals surface area contributed by atoms with E-state index in [-0.39, 0.29) is 10.2 Å².